The molecule has 2 aromatic heterocycles. The Bertz CT molecular complexity index is 956. The first-order chi connectivity index (χ1) is 13.6. The van der Waals surface area contributed by atoms with Gasteiger partial charge in [0.25, 0.3) is 5.91 Å². The molecule has 0 saturated carbocycles. The van der Waals surface area contributed by atoms with Crippen LogP contribution in [-0.4, -0.2) is 27.8 Å². The van der Waals surface area contributed by atoms with E-state index in [2.05, 4.69) is 39.4 Å². The molecule has 0 unspecified atom stereocenters. The summed E-state index contributed by atoms with van der Waals surface area (Å²) in [7, 11) is 0. The monoisotopic (exact) mass is 433 g/mol. The molecule has 0 aliphatic carbocycles. The highest BCUT2D eigenvalue weighted by atomic mass is 32.2. The number of aromatic nitrogens is 2. The van der Waals surface area contributed by atoms with Crippen molar-refractivity contribution in [2.24, 2.45) is 0 Å². The molecule has 0 atom stereocenters. The van der Waals surface area contributed by atoms with E-state index in [1.54, 1.807) is 17.5 Å². The lowest BCUT2D eigenvalue weighted by atomic mass is 10.1. The van der Waals surface area contributed by atoms with Gasteiger partial charge in [0.15, 0.2) is 4.34 Å². The van der Waals surface area contributed by atoms with Crippen molar-refractivity contribution in [2.45, 2.75) is 24.6 Å². The zero-order valence-corrected chi connectivity index (χ0v) is 17.8. The molecule has 10 heteroatoms. The standard InChI is InChI=1S/C18H19N5O2S3/c1-3-12-7-4-6-11(2)15(12)19-17-22-23-18(28-17)27-10-14(24)20-21-16(25)13-8-5-9-26-13/h4-9H,3,10H2,1-2H3,(H,19,22)(H,20,24)(H,21,25). The second-order valence-electron chi connectivity index (χ2n) is 5.73. The van der Waals surface area contributed by atoms with Gasteiger partial charge in [-0.25, -0.2) is 0 Å². The van der Waals surface area contributed by atoms with Crippen molar-refractivity contribution >= 4 is 57.1 Å². The van der Waals surface area contributed by atoms with E-state index in [4.69, 9.17) is 0 Å². The SMILES string of the molecule is CCc1cccc(C)c1Nc1nnc(SCC(=O)NNC(=O)c2cccs2)s1. The highest BCUT2D eigenvalue weighted by molar-refractivity contribution is 8.01. The van der Waals surface area contributed by atoms with Gasteiger partial charge in [0.05, 0.1) is 10.6 Å². The lowest BCUT2D eigenvalue weighted by molar-refractivity contribution is -0.119. The van der Waals surface area contributed by atoms with E-state index in [-0.39, 0.29) is 17.6 Å². The fraction of sp³-hybridized carbons (Fsp3) is 0.222. The Morgan fingerprint density at radius 3 is 2.75 bits per heavy atom. The van der Waals surface area contributed by atoms with Crippen LogP contribution in [0.2, 0.25) is 0 Å². The Balaban J connectivity index is 1.50. The number of nitrogens with one attached hydrogen (secondary N) is 3. The number of carbonyl (C=O) groups excluding carboxylic acids is 2. The molecule has 0 aliphatic rings. The molecule has 0 fully saturated rings. The van der Waals surface area contributed by atoms with Gasteiger partial charge in [-0.3, -0.25) is 20.4 Å². The minimum absolute atomic E-state index is 0.129. The van der Waals surface area contributed by atoms with Crippen LogP contribution in [0.4, 0.5) is 10.8 Å². The van der Waals surface area contributed by atoms with E-state index in [0.29, 0.717) is 14.3 Å². The van der Waals surface area contributed by atoms with Crippen molar-refractivity contribution in [3.8, 4) is 0 Å². The largest absolute Gasteiger partial charge is 0.330 e. The molecule has 7 nitrogen and oxygen atoms in total. The second kappa shape index (κ2) is 9.67. The lowest BCUT2D eigenvalue weighted by Gasteiger charge is -2.11. The average molecular weight is 434 g/mol. The second-order valence-corrected chi connectivity index (χ2v) is 8.88. The minimum atomic E-state index is -0.333. The van der Waals surface area contributed by atoms with Gasteiger partial charge in [-0.15, -0.1) is 21.5 Å². The molecule has 3 N–H and O–H groups in total. The number of aryl methyl sites for hydroxylation is 2. The van der Waals surface area contributed by atoms with E-state index in [9.17, 15) is 9.59 Å². The van der Waals surface area contributed by atoms with Crippen molar-refractivity contribution in [3.05, 3.63) is 51.7 Å². The number of benzene rings is 1. The van der Waals surface area contributed by atoms with Crippen LogP contribution < -0.4 is 16.2 Å². The summed E-state index contributed by atoms with van der Waals surface area (Å²) in [5, 5.41) is 14.1. The van der Waals surface area contributed by atoms with Gasteiger partial charge in [0, 0.05) is 5.69 Å². The van der Waals surface area contributed by atoms with Gasteiger partial charge in [-0.1, -0.05) is 54.3 Å². The quantitative estimate of drug-likeness (QED) is 0.388. The van der Waals surface area contributed by atoms with Gasteiger partial charge in [0.1, 0.15) is 0 Å². The van der Waals surface area contributed by atoms with Gasteiger partial charge < -0.3 is 5.32 Å². The Labute approximate surface area is 174 Å². The first-order valence-electron chi connectivity index (χ1n) is 8.51. The van der Waals surface area contributed by atoms with Crippen molar-refractivity contribution in [3.63, 3.8) is 0 Å². The summed E-state index contributed by atoms with van der Waals surface area (Å²) in [4.78, 5) is 24.2. The molecule has 1 aromatic carbocycles. The first-order valence-corrected chi connectivity index (χ1v) is 11.2. The molecular weight excluding hydrogens is 414 g/mol. The number of thiophene rings is 1. The summed E-state index contributed by atoms with van der Waals surface area (Å²) >= 11 is 3.96. The van der Waals surface area contributed by atoms with Crippen LogP contribution in [0.25, 0.3) is 0 Å². The van der Waals surface area contributed by atoms with Crippen LogP contribution in [0.5, 0.6) is 0 Å². The molecule has 0 bridgehead atoms. The summed E-state index contributed by atoms with van der Waals surface area (Å²) in [6, 6.07) is 9.64. The number of anilines is 2. The van der Waals surface area contributed by atoms with E-state index in [1.165, 1.54) is 40.0 Å². The number of hydrogen-bond acceptors (Lipinski definition) is 8. The molecule has 3 aromatic rings. The summed E-state index contributed by atoms with van der Waals surface area (Å²) in [6.07, 6.45) is 0.918. The highest BCUT2D eigenvalue weighted by Gasteiger charge is 2.12. The smallest absolute Gasteiger partial charge is 0.279 e. The molecule has 28 heavy (non-hydrogen) atoms. The number of para-hydroxylation sites is 1. The van der Waals surface area contributed by atoms with Crippen molar-refractivity contribution in [1.82, 2.24) is 21.0 Å². The van der Waals surface area contributed by atoms with Crippen molar-refractivity contribution in [1.29, 1.82) is 0 Å². The van der Waals surface area contributed by atoms with E-state index in [0.717, 1.165) is 17.7 Å². The third-order valence-corrected chi connectivity index (χ3v) is 6.61. The predicted octanol–water partition coefficient (Wildman–Crippen LogP) is 3.77. The lowest BCUT2D eigenvalue weighted by Crippen LogP contribution is -2.42. The number of thioether (sulfide) groups is 1. The Hall–Kier alpha value is -2.43. The van der Waals surface area contributed by atoms with Crippen LogP contribution in [0.1, 0.15) is 27.7 Å². The van der Waals surface area contributed by atoms with Crippen LogP contribution in [-0.2, 0) is 11.2 Å². The zero-order chi connectivity index (χ0) is 19.9. The number of hydrogen-bond donors (Lipinski definition) is 3. The number of amides is 2. The fourth-order valence-electron chi connectivity index (χ4n) is 2.39. The Kier molecular flexibility index (Phi) is 7.01. The predicted molar refractivity (Wildman–Crippen MR) is 114 cm³/mol. The molecular formula is C18H19N5O2S3. The van der Waals surface area contributed by atoms with Gasteiger partial charge in [0.2, 0.25) is 11.0 Å². The highest BCUT2D eigenvalue weighted by Crippen LogP contribution is 2.30. The molecule has 3 rings (SSSR count). The summed E-state index contributed by atoms with van der Waals surface area (Å²) in [5.41, 5.74) is 8.19. The number of carbonyl (C=O) groups is 2. The summed E-state index contributed by atoms with van der Waals surface area (Å²) < 4.78 is 0.675. The van der Waals surface area contributed by atoms with E-state index >= 15 is 0 Å². The Morgan fingerprint density at radius 2 is 2.00 bits per heavy atom. The van der Waals surface area contributed by atoms with Crippen molar-refractivity contribution in [2.75, 3.05) is 11.1 Å². The van der Waals surface area contributed by atoms with Gasteiger partial charge >= 0.3 is 0 Å². The maximum atomic E-state index is 11.9. The Morgan fingerprint density at radius 1 is 1.14 bits per heavy atom. The molecule has 146 valence electrons. The van der Waals surface area contributed by atoms with Crippen LogP contribution >= 0.6 is 34.4 Å². The van der Waals surface area contributed by atoms with Crippen molar-refractivity contribution < 1.29 is 9.59 Å². The molecule has 0 radical (unpaired) electrons. The third-order valence-electron chi connectivity index (χ3n) is 3.77. The van der Waals surface area contributed by atoms with Crippen LogP contribution in [0, 0.1) is 6.92 Å². The maximum Gasteiger partial charge on any atom is 0.279 e. The fourth-order valence-corrected chi connectivity index (χ4v) is 4.56. The normalized spacial score (nSPS) is 10.5. The molecule has 0 spiro atoms. The number of rotatable bonds is 7. The number of nitrogens with zero attached hydrogens (tertiary/aromatic N) is 2. The first kappa shape index (κ1) is 20.3. The average Bonchev–Trinajstić information content (AvgIpc) is 3.38. The minimum Gasteiger partial charge on any atom is -0.330 e. The van der Waals surface area contributed by atoms with Crippen LogP contribution in [0.3, 0.4) is 0 Å². The van der Waals surface area contributed by atoms with Gasteiger partial charge in [-0.2, -0.15) is 0 Å². The zero-order valence-electron chi connectivity index (χ0n) is 15.3. The van der Waals surface area contributed by atoms with Gasteiger partial charge in [-0.05, 0) is 35.9 Å². The molecule has 0 saturated heterocycles. The number of hydrazine groups is 1. The van der Waals surface area contributed by atoms with Crippen LogP contribution in [0.15, 0.2) is 40.1 Å². The summed E-state index contributed by atoms with van der Waals surface area (Å²) in [6.45, 7) is 4.16. The molecule has 2 amide bonds. The third kappa shape index (κ3) is 5.31. The topological polar surface area (TPSA) is 96.0 Å². The van der Waals surface area contributed by atoms with E-state index < -0.39 is 0 Å². The summed E-state index contributed by atoms with van der Waals surface area (Å²) in [5.74, 6) is -0.517. The maximum absolute atomic E-state index is 11.9. The molecule has 2 heterocycles. The molecule has 0 aliphatic heterocycles. The van der Waals surface area contributed by atoms with E-state index in [1.807, 2.05) is 19.1 Å².